The highest BCUT2D eigenvalue weighted by molar-refractivity contribution is 5.80. The lowest BCUT2D eigenvalue weighted by atomic mass is 10.0. The topological polar surface area (TPSA) is 124 Å². The van der Waals surface area contributed by atoms with E-state index in [2.05, 4.69) is 4.98 Å². The molecule has 3 aromatic carbocycles. The lowest BCUT2D eigenvalue weighted by Crippen LogP contribution is -2.41. The summed E-state index contributed by atoms with van der Waals surface area (Å²) in [5.74, 6) is -1.90. The van der Waals surface area contributed by atoms with Gasteiger partial charge in [0.05, 0.1) is 47.8 Å². The third-order valence-corrected chi connectivity index (χ3v) is 8.18. The molecule has 5 rings (SSSR count). The first-order valence-electron chi connectivity index (χ1n) is 16.1. The van der Waals surface area contributed by atoms with E-state index in [1.807, 2.05) is 6.92 Å². The van der Waals surface area contributed by atoms with Crippen LogP contribution in [0.3, 0.4) is 0 Å². The number of primary amides is 1. The third kappa shape index (κ3) is 8.94. The molecular weight excluding hydrogens is 668 g/mol. The molecule has 0 saturated heterocycles. The number of fused-ring (bicyclic) bond motifs is 1. The molecule has 0 saturated carbocycles. The number of hydrogen-bond donors (Lipinski definition) is 1. The summed E-state index contributed by atoms with van der Waals surface area (Å²) in [7, 11) is 1.67. The average molecular weight is 705 g/mol. The van der Waals surface area contributed by atoms with Crippen molar-refractivity contribution in [3.8, 4) is 11.4 Å². The molecule has 0 radical (unpaired) electrons. The predicted molar refractivity (Wildman–Crippen MR) is 182 cm³/mol. The van der Waals surface area contributed by atoms with E-state index in [0.29, 0.717) is 46.6 Å². The van der Waals surface area contributed by atoms with E-state index in [-0.39, 0.29) is 37.4 Å². The number of benzene rings is 3. The van der Waals surface area contributed by atoms with Crippen LogP contribution in [0, 0.1) is 5.82 Å². The van der Waals surface area contributed by atoms with Crippen LogP contribution in [-0.2, 0) is 28.7 Å². The summed E-state index contributed by atoms with van der Waals surface area (Å²) in [4.78, 5) is 52.7. The second-order valence-electron chi connectivity index (χ2n) is 11.9. The van der Waals surface area contributed by atoms with Gasteiger partial charge < -0.3 is 15.4 Å². The minimum absolute atomic E-state index is 0.0154. The number of halogens is 4. The number of ether oxygens (including phenoxy) is 1. The molecule has 2 aromatic heterocycles. The molecule has 0 spiro atoms. The molecule has 14 heteroatoms. The number of nitrogens with zero attached hydrogens (tertiary/aromatic N) is 5. The van der Waals surface area contributed by atoms with Crippen LogP contribution in [0.4, 0.5) is 17.6 Å². The Hall–Kier alpha value is -5.63. The molecule has 266 valence electrons. The van der Waals surface area contributed by atoms with E-state index < -0.39 is 47.4 Å². The zero-order valence-corrected chi connectivity index (χ0v) is 27.9. The largest absolute Gasteiger partial charge is 0.494 e. The molecule has 0 aliphatic heterocycles. The number of para-hydroxylation sites is 1. The Morgan fingerprint density at radius 3 is 2.39 bits per heavy atom. The van der Waals surface area contributed by atoms with Crippen molar-refractivity contribution in [1.29, 1.82) is 0 Å². The molecule has 0 fully saturated rings. The van der Waals surface area contributed by atoms with Gasteiger partial charge in [-0.1, -0.05) is 24.3 Å². The van der Waals surface area contributed by atoms with Gasteiger partial charge in [0, 0.05) is 25.5 Å². The number of carbonyl (C=O) groups excluding carboxylic acids is 2. The molecule has 1 unspecified atom stereocenters. The fourth-order valence-electron chi connectivity index (χ4n) is 5.83. The van der Waals surface area contributed by atoms with Gasteiger partial charge in [0.25, 0.3) is 5.56 Å². The lowest BCUT2D eigenvalue weighted by molar-refractivity contribution is -0.140. The number of amides is 2. The summed E-state index contributed by atoms with van der Waals surface area (Å²) in [6, 6.07) is 18.4. The van der Waals surface area contributed by atoms with Crippen molar-refractivity contribution in [2.24, 2.45) is 5.73 Å². The van der Waals surface area contributed by atoms with Gasteiger partial charge in [0.15, 0.2) is 0 Å². The molecule has 2 N–H and O–H groups in total. The Balaban J connectivity index is 1.69. The molecule has 2 amide bonds. The number of rotatable bonds is 14. The van der Waals surface area contributed by atoms with Gasteiger partial charge in [-0.05, 0) is 86.1 Å². The third-order valence-electron chi connectivity index (χ3n) is 8.18. The van der Waals surface area contributed by atoms with Crippen molar-refractivity contribution >= 4 is 22.7 Å². The number of aromatic nitrogens is 3. The van der Waals surface area contributed by atoms with Crippen molar-refractivity contribution in [3.63, 3.8) is 0 Å². The van der Waals surface area contributed by atoms with Gasteiger partial charge >= 0.3 is 6.18 Å². The molecule has 5 aromatic rings. The fraction of sp³-hybridized carbons (Fsp3) is 0.270. The predicted octanol–water partition coefficient (Wildman–Crippen LogP) is 5.46. The Morgan fingerprint density at radius 1 is 1.00 bits per heavy atom. The molecule has 51 heavy (non-hydrogen) atoms. The normalized spacial score (nSPS) is 12.2. The Labute approximate surface area is 291 Å². The van der Waals surface area contributed by atoms with Crippen LogP contribution >= 0.6 is 0 Å². The number of nitrogens with two attached hydrogens (primary N) is 1. The quantitative estimate of drug-likeness (QED) is 0.152. The number of likely N-dealkylation sites (N-methyl/N-ethyl adjacent to an activating group) is 1. The van der Waals surface area contributed by atoms with Gasteiger partial charge in [0.2, 0.25) is 11.8 Å². The summed E-state index contributed by atoms with van der Waals surface area (Å²) >= 11 is 0. The summed E-state index contributed by atoms with van der Waals surface area (Å²) in [5.41, 5.74) is 5.03. The van der Waals surface area contributed by atoms with E-state index in [1.165, 1.54) is 9.47 Å². The highest BCUT2D eigenvalue weighted by Crippen LogP contribution is 2.33. The second-order valence-corrected chi connectivity index (χ2v) is 11.9. The van der Waals surface area contributed by atoms with Crippen LogP contribution in [0.1, 0.15) is 41.9 Å². The highest BCUT2D eigenvalue weighted by atomic mass is 19.4. The zero-order chi connectivity index (χ0) is 36.7. The van der Waals surface area contributed by atoms with E-state index in [0.717, 1.165) is 6.07 Å². The SMILES string of the molecule is CCOc1ccc(-n2c(C(CCN(C)CC(N)=O)N(Cc3cccnc3)C(=O)Cc3ccc(C(F)(F)F)c(F)c3)nc3ccccc3c2=O)cc1. The van der Waals surface area contributed by atoms with Crippen molar-refractivity contribution in [2.75, 3.05) is 26.7 Å². The Morgan fingerprint density at radius 2 is 1.75 bits per heavy atom. The minimum atomic E-state index is -4.91. The van der Waals surface area contributed by atoms with E-state index in [1.54, 1.807) is 85.0 Å². The first kappa shape index (κ1) is 36.6. The van der Waals surface area contributed by atoms with Gasteiger partial charge in [0.1, 0.15) is 17.4 Å². The number of carbonyl (C=O) groups is 2. The van der Waals surface area contributed by atoms with Crippen LogP contribution in [0.25, 0.3) is 16.6 Å². The van der Waals surface area contributed by atoms with Gasteiger partial charge in [-0.15, -0.1) is 0 Å². The molecule has 0 aliphatic carbocycles. The number of alkyl halides is 3. The monoisotopic (exact) mass is 704 g/mol. The molecule has 0 aliphatic rings. The summed E-state index contributed by atoms with van der Waals surface area (Å²) in [6.07, 6.45) is -2.12. The van der Waals surface area contributed by atoms with Gasteiger partial charge in [-0.3, -0.25) is 28.8 Å². The standard InChI is InChI=1S/C37H36F4N6O4/c1-3-51-27-13-11-26(12-14-27)47-35(44-31-9-5-4-8-28(31)36(47)50)32(16-18-45(2)23-33(42)48)46(22-25-7-6-17-43-21-25)34(49)20-24-10-15-29(30(38)19-24)37(39,40)41/h4-15,17,19,21,32H,3,16,18,20,22-23H2,1-2H3,(H2,42,48). The van der Waals surface area contributed by atoms with Crippen LogP contribution in [0.2, 0.25) is 0 Å². The van der Waals surface area contributed by atoms with E-state index >= 15 is 0 Å². The number of pyridine rings is 1. The molecule has 0 bridgehead atoms. The maximum atomic E-state index is 14.6. The lowest BCUT2D eigenvalue weighted by Gasteiger charge is -2.34. The Kier molecular flexibility index (Phi) is 11.4. The highest BCUT2D eigenvalue weighted by Gasteiger charge is 2.35. The van der Waals surface area contributed by atoms with Crippen molar-refractivity contribution in [3.05, 3.63) is 130 Å². The second kappa shape index (κ2) is 15.9. The molecule has 1 atom stereocenters. The summed E-state index contributed by atoms with van der Waals surface area (Å²) < 4.78 is 61.6. The molecular formula is C37H36F4N6O4. The summed E-state index contributed by atoms with van der Waals surface area (Å²) in [6.45, 7) is 2.34. The smallest absolute Gasteiger partial charge is 0.419 e. The zero-order valence-electron chi connectivity index (χ0n) is 27.9. The maximum Gasteiger partial charge on any atom is 0.419 e. The van der Waals surface area contributed by atoms with Crippen molar-refractivity contribution in [2.45, 2.75) is 38.5 Å². The van der Waals surface area contributed by atoms with Gasteiger partial charge in [-0.2, -0.15) is 13.2 Å². The van der Waals surface area contributed by atoms with Crippen LogP contribution in [0.5, 0.6) is 5.75 Å². The maximum absolute atomic E-state index is 14.6. The molecule has 2 heterocycles. The number of hydrogen-bond acceptors (Lipinski definition) is 7. The first-order valence-corrected chi connectivity index (χ1v) is 16.1. The van der Waals surface area contributed by atoms with Gasteiger partial charge in [-0.25, -0.2) is 9.37 Å². The van der Waals surface area contributed by atoms with Crippen LogP contribution in [0.15, 0.2) is 96.1 Å². The fourth-order valence-corrected chi connectivity index (χ4v) is 5.83. The van der Waals surface area contributed by atoms with E-state index in [4.69, 9.17) is 15.5 Å². The van der Waals surface area contributed by atoms with Crippen molar-refractivity contribution < 1.29 is 31.9 Å². The van der Waals surface area contributed by atoms with Crippen LogP contribution < -0.4 is 16.0 Å². The minimum Gasteiger partial charge on any atom is -0.494 e. The van der Waals surface area contributed by atoms with Crippen LogP contribution in [-0.4, -0.2) is 62.9 Å². The summed E-state index contributed by atoms with van der Waals surface area (Å²) in [5, 5.41) is 0.324. The Bertz CT molecular complexity index is 2060. The van der Waals surface area contributed by atoms with E-state index in [9.17, 15) is 31.9 Å². The molecule has 10 nitrogen and oxygen atoms in total. The van der Waals surface area contributed by atoms with Crippen molar-refractivity contribution in [1.82, 2.24) is 24.3 Å². The average Bonchev–Trinajstić information content (AvgIpc) is 3.08. The first-order chi connectivity index (χ1) is 24.3.